The highest BCUT2D eigenvalue weighted by Crippen LogP contribution is 2.10. The average Bonchev–Trinajstić information content (AvgIpc) is 2.56. The first-order valence-corrected chi connectivity index (χ1v) is 8.45. The smallest absolute Gasteiger partial charge is 0.335 e. The maximum Gasteiger partial charge on any atom is 0.335 e. The van der Waals surface area contributed by atoms with E-state index in [1.807, 2.05) is 13.0 Å². The molecular formula is C20H26O6. The van der Waals surface area contributed by atoms with Gasteiger partial charge < -0.3 is 13.9 Å². The Morgan fingerprint density at radius 2 is 1.81 bits per heavy atom. The van der Waals surface area contributed by atoms with Crippen molar-refractivity contribution in [1.82, 2.24) is 0 Å². The molecule has 0 aliphatic rings. The lowest BCUT2D eigenvalue weighted by molar-refractivity contribution is -0.142. The molecule has 0 fully saturated rings. The molecular weight excluding hydrogens is 336 g/mol. The minimum atomic E-state index is -0.587. The Morgan fingerprint density at radius 1 is 1.08 bits per heavy atom. The molecule has 0 amide bonds. The number of methoxy groups -OCH3 is 1. The zero-order valence-corrected chi connectivity index (χ0v) is 15.8. The molecule has 1 aromatic rings. The molecule has 0 bridgehead atoms. The van der Waals surface area contributed by atoms with Gasteiger partial charge >= 0.3 is 17.6 Å². The fraction of sp³-hybridized carbons (Fsp3) is 0.450. The zero-order valence-electron chi connectivity index (χ0n) is 15.8. The molecule has 6 nitrogen and oxygen atoms in total. The third kappa shape index (κ3) is 8.46. The summed E-state index contributed by atoms with van der Waals surface area (Å²) in [6, 6.07) is 2.66. The Morgan fingerprint density at radius 3 is 2.46 bits per heavy atom. The standard InChI is InChI=1S/C20H26O6/c1-14(2)6-5-7-15(3)10-11-25-20(23)13-17-16(12-19(22)24-4)8-9-18(21)26-17/h6,8-10H,5,7,11-13H2,1-4H3/b15-10+. The Labute approximate surface area is 153 Å². The first kappa shape index (κ1) is 21.4. The summed E-state index contributed by atoms with van der Waals surface area (Å²) in [5.41, 5.74) is 2.25. The second kappa shape index (κ2) is 11.1. The lowest BCUT2D eigenvalue weighted by Crippen LogP contribution is -2.15. The van der Waals surface area contributed by atoms with Crippen LogP contribution in [0.2, 0.25) is 0 Å². The first-order valence-electron chi connectivity index (χ1n) is 8.45. The van der Waals surface area contributed by atoms with E-state index in [9.17, 15) is 14.4 Å². The second-order valence-electron chi connectivity index (χ2n) is 6.19. The van der Waals surface area contributed by atoms with Crippen molar-refractivity contribution in [3.05, 3.63) is 57.2 Å². The molecule has 1 rings (SSSR count). The van der Waals surface area contributed by atoms with E-state index in [1.165, 1.54) is 24.8 Å². The van der Waals surface area contributed by atoms with E-state index in [0.717, 1.165) is 18.4 Å². The molecule has 0 aromatic carbocycles. The van der Waals surface area contributed by atoms with Crippen LogP contribution >= 0.6 is 0 Å². The van der Waals surface area contributed by atoms with Crippen molar-refractivity contribution < 1.29 is 23.5 Å². The zero-order chi connectivity index (χ0) is 19.5. The van der Waals surface area contributed by atoms with Crippen LogP contribution in [0.15, 0.2) is 44.6 Å². The molecule has 26 heavy (non-hydrogen) atoms. The molecule has 0 atom stereocenters. The van der Waals surface area contributed by atoms with Gasteiger partial charge in [0.05, 0.1) is 13.5 Å². The first-order chi connectivity index (χ1) is 12.3. The van der Waals surface area contributed by atoms with Gasteiger partial charge in [-0.25, -0.2) is 4.79 Å². The van der Waals surface area contributed by atoms with E-state index in [0.29, 0.717) is 5.56 Å². The summed E-state index contributed by atoms with van der Waals surface area (Å²) >= 11 is 0. The molecule has 0 aliphatic carbocycles. The van der Waals surface area contributed by atoms with Crippen LogP contribution in [0.25, 0.3) is 0 Å². The van der Waals surface area contributed by atoms with Gasteiger partial charge in [0.2, 0.25) is 0 Å². The number of esters is 2. The van der Waals surface area contributed by atoms with Crippen molar-refractivity contribution in [2.24, 2.45) is 0 Å². The van der Waals surface area contributed by atoms with Crippen LogP contribution in [0.1, 0.15) is 44.9 Å². The van der Waals surface area contributed by atoms with Gasteiger partial charge in [0.15, 0.2) is 0 Å². The van der Waals surface area contributed by atoms with Crippen molar-refractivity contribution in [2.75, 3.05) is 13.7 Å². The van der Waals surface area contributed by atoms with E-state index in [1.54, 1.807) is 0 Å². The van der Waals surface area contributed by atoms with Crippen LogP contribution in [0.5, 0.6) is 0 Å². The quantitative estimate of drug-likeness (QED) is 0.496. The van der Waals surface area contributed by atoms with E-state index in [-0.39, 0.29) is 25.2 Å². The van der Waals surface area contributed by atoms with Gasteiger partial charge in [0.1, 0.15) is 18.8 Å². The molecule has 0 spiro atoms. The lowest BCUT2D eigenvalue weighted by atomic mass is 10.1. The Kier molecular flexibility index (Phi) is 9.12. The van der Waals surface area contributed by atoms with E-state index in [2.05, 4.69) is 24.7 Å². The molecule has 142 valence electrons. The fourth-order valence-electron chi connectivity index (χ4n) is 2.17. The normalized spacial score (nSPS) is 11.0. The van der Waals surface area contributed by atoms with Crippen LogP contribution in [-0.2, 0) is 31.9 Å². The number of rotatable bonds is 9. The highest BCUT2D eigenvalue weighted by molar-refractivity contribution is 5.75. The van der Waals surface area contributed by atoms with Crippen LogP contribution in [-0.4, -0.2) is 25.7 Å². The molecule has 0 N–H and O–H groups in total. The van der Waals surface area contributed by atoms with Crippen LogP contribution in [0.4, 0.5) is 0 Å². The minimum absolute atomic E-state index is 0.0771. The van der Waals surface area contributed by atoms with Crippen molar-refractivity contribution in [3.8, 4) is 0 Å². The van der Waals surface area contributed by atoms with Crippen molar-refractivity contribution in [1.29, 1.82) is 0 Å². The van der Waals surface area contributed by atoms with Crippen LogP contribution < -0.4 is 5.63 Å². The van der Waals surface area contributed by atoms with Gasteiger partial charge in [0.25, 0.3) is 0 Å². The van der Waals surface area contributed by atoms with Crippen LogP contribution in [0.3, 0.4) is 0 Å². The molecule has 0 aliphatic heterocycles. The number of ether oxygens (including phenoxy) is 2. The Bertz CT molecular complexity index is 735. The summed E-state index contributed by atoms with van der Waals surface area (Å²) in [6.07, 6.45) is 5.57. The third-order valence-corrected chi connectivity index (χ3v) is 3.64. The maximum atomic E-state index is 12.0. The molecule has 1 aromatic heterocycles. The Balaban J connectivity index is 2.60. The predicted octanol–water partition coefficient (Wildman–Crippen LogP) is 3.13. The van der Waals surface area contributed by atoms with Crippen LogP contribution in [0, 0.1) is 0 Å². The highest BCUT2D eigenvalue weighted by atomic mass is 16.5. The topological polar surface area (TPSA) is 82.8 Å². The van der Waals surface area contributed by atoms with Gasteiger partial charge in [-0.1, -0.05) is 17.2 Å². The summed E-state index contributed by atoms with van der Waals surface area (Å²) in [6.45, 7) is 6.24. The van der Waals surface area contributed by atoms with Gasteiger partial charge in [-0.2, -0.15) is 0 Å². The summed E-state index contributed by atoms with van der Waals surface area (Å²) in [5.74, 6) is -0.889. The lowest BCUT2D eigenvalue weighted by Gasteiger charge is -2.07. The van der Waals surface area contributed by atoms with E-state index >= 15 is 0 Å². The van der Waals surface area contributed by atoms with Crippen molar-refractivity contribution >= 4 is 11.9 Å². The van der Waals surface area contributed by atoms with E-state index < -0.39 is 17.6 Å². The van der Waals surface area contributed by atoms with Gasteiger partial charge in [-0.05, 0) is 45.8 Å². The van der Waals surface area contributed by atoms with Gasteiger partial charge in [-0.15, -0.1) is 0 Å². The monoisotopic (exact) mass is 362 g/mol. The number of hydrogen-bond donors (Lipinski definition) is 0. The number of carbonyl (C=O) groups excluding carboxylic acids is 2. The maximum absolute atomic E-state index is 12.0. The van der Waals surface area contributed by atoms with Crippen molar-refractivity contribution in [3.63, 3.8) is 0 Å². The number of carbonyl (C=O) groups is 2. The summed E-state index contributed by atoms with van der Waals surface area (Å²) in [7, 11) is 1.27. The largest absolute Gasteiger partial charge is 0.469 e. The SMILES string of the molecule is COC(=O)Cc1ccc(=O)oc1CC(=O)OC/C=C(\C)CCC=C(C)C. The summed E-state index contributed by atoms with van der Waals surface area (Å²) in [5, 5.41) is 0. The van der Waals surface area contributed by atoms with Gasteiger partial charge in [-0.3, -0.25) is 9.59 Å². The molecule has 0 radical (unpaired) electrons. The summed E-state index contributed by atoms with van der Waals surface area (Å²) < 4.78 is 14.8. The third-order valence-electron chi connectivity index (χ3n) is 3.64. The molecule has 0 saturated carbocycles. The molecule has 0 saturated heterocycles. The number of hydrogen-bond acceptors (Lipinski definition) is 6. The Hall–Kier alpha value is -2.63. The average molecular weight is 362 g/mol. The predicted molar refractivity (Wildman–Crippen MR) is 97.8 cm³/mol. The molecule has 1 heterocycles. The molecule has 6 heteroatoms. The second-order valence-corrected chi connectivity index (χ2v) is 6.19. The van der Waals surface area contributed by atoms with Gasteiger partial charge in [0, 0.05) is 11.6 Å². The minimum Gasteiger partial charge on any atom is -0.469 e. The fourth-order valence-corrected chi connectivity index (χ4v) is 2.17. The van der Waals surface area contributed by atoms with Crippen molar-refractivity contribution in [2.45, 2.75) is 46.5 Å². The molecule has 0 unspecified atom stereocenters. The highest BCUT2D eigenvalue weighted by Gasteiger charge is 2.15. The summed E-state index contributed by atoms with van der Waals surface area (Å²) in [4.78, 5) is 34.8. The van der Waals surface area contributed by atoms with E-state index in [4.69, 9.17) is 9.15 Å². The number of allylic oxidation sites excluding steroid dienone is 3.